The van der Waals surface area contributed by atoms with Crippen LogP contribution in [0.5, 0.6) is 0 Å². The highest BCUT2D eigenvalue weighted by molar-refractivity contribution is 5.64. The summed E-state index contributed by atoms with van der Waals surface area (Å²) >= 11 is 0. The SMILES string of the molecule is CCN1CCN2CCN(C(=O)O)CCN(CC2)C(C)C1. The van der Waals surface area contributed by atoms with E-state index in [0.717, 1.165) is 52.4 Å². The maximum Gasteiger partial charge on any atom is 0.407 e. The summed E-state index contributed by atoms with van der Waals surface area (Å²) in [6, 6.07) is 0.489. The molecule has 0 spiro atoms. The van der Waals surface area contributed by atoms with Gasteiger partial charge in [-0.25, -0.2) is 4.79 Å². The standard InChI is InChI=1S/C14H28N4O2/c1-3-15-4-5-16-6-8-17(13(2)12-15)10-11-18(9-7-16)14(19)20/h13H,3-12H2,1-2H3,(H,19,20). The Hall–Kier alpha value is -0.850. The number of nitrogens with zero attached hydrogens (tertiary/aromatic N) is 4. The minimum atomic E-state index is -0.785. The minimum absolute atomic E-state index is 0.489. The van der Waals surface area contributed by atoms with Crippen LogP contribution in [-0.2, 0) is 0 Å². The lowest BCUT2D eigenvalue weighted by molar-refractivity contribution is 0.121. The lowest BCUT2D eigenvalue weighted by Crippen LogP contribution is -2.46. The smallest absolute Gasteiger partial charge is 0.407 e. The first-order valence-electron chi connectivity index (χ1n) is 7.76. The fraction of sp³-hybridized carbons (Fsp3) is 0.929. The van der Waals surface area contributed by atoms with Gasteiger partial charge in [-0.15, -0.1) is 0 Å². The van der Waals surface area contributed by atoms with Crippen LogP contribution in [0.15, 0.2) is 0 Å². The molecule has 2 rings (SSSR count). The molecule has 2 heterocycles. The van der Waals surface area contributed by atoms with Gasteiger partial charge in [0.15, 0.2) is 0 Å². The first-order valence-corrected chi connectivity index (χ1v) is 7.76. The second-order valence-electron chi connectivity index (χ2n) is 5.89. The monoisotopic (exact) mass is 284 g/mol. The molecule has 20 heavy (non-hydrogen) atoms. The van der Waals surface area contributed by atoms with Crippen LogP contribution in [0.3, 0.4) is 0 Å². The van der Waals surface area contributed by atoms with Gasteiger partial charge in [-0.2, -0.15) is 0 Å². The molecule has 0 aliphatic carbocycles. The van der Waals surface area contributed by atoms with Crippen LogP contribution in [0.4, 0.5) is 4.79 Å². The second kappa shape index (κ2) is 7.24. The number of hydrogen-bond donors (Lipinski definition) is 1. The van der Waals surface area contributed by atoms with Crippen molar-refractivity contribution in [2.45, 2.75) is 19.9 Å². The van der Waals surface area contributed by atoms with E-state index >= 15 is 0 Å². The Morgan fingerprint density at radius 1 is 1.05 bits per heavy atom. The largest absolute Gasteiger partial charge is 0.465 e. The molecular weight excluding hydrogens is 256 g/mol. The summed E-state index contributed by atoms with van der Waals surface area (Å²) in [5.74, 6) is 0. The van der Waals surface area contributed by atoms with E-state index in [1.807, 2.05) is 0 Å². The van der Waals surface area contributed by atoms with E-state index in [9.17, 15) is 9.90 Å². The fourth-order valence-corrected chi connectivity index (χ4v) is 3.12. The highest BCUT2D eigenvalue weighted by Crippen LogP contribution is 2.09. The highest BCUT2D eigenvalue weighted by atomic mass is 16.4. The Balaban J connectivity index is 2.10. The molecular formula is C14H28N4O2. The van der Waals surface area contributed by atoms with Gasteiger partial charge in [-0.1, -0.05) is 6.92 Å². The van der Waals surface area contributed by atoms with Crippen LogP contribution in [0.25, 0.3) is 0 Å². The first-order chi connectivity index (χ1) is 9.60. The molecule has 2 aliphatic heterocycles. The Morgan fingerprint density at radius 3 is 2.35 bits per heavy atom. The molecule has 2 aliphatic rings. The number of hydrogen-bond acceptors (Lipinski definition) is 4. The quantitative estimate of drug-likeness (QED) is 0.751. The van der Waals surface area contributed by atoms with Crippen molar-refractivity contribution in [3.8, 4) is 0 Å². The van der Waals surface area contributed by atoms with E-state index < -0.39 is 6.09 Å². The Bertz CT molecular complexity index is 326. The van der Waals surface area contributed by atoms with Gasteiger partial charge in [0.25, 0.3) is 0 Å². The van der Waals surface area contributed by atoms with Crippen molar-refractivity contribution in [3.05, 3.63) is 0 Å². The Labute approximate surface area is 121 Å². The van der Waals surface area contributed by atoms with E-state index in [-0.39, 0.29) is 0 Å². The van der Waals surface area contributed by atoms with Gasteiger partial charge in [0, 0.05) is 64.9 Å². The molecule has 2 bridgehead atoms. The van der Waals surface area contributed by atoms with Crippen LogP contribution in [0.2, 0.25) is 0 Å². The number of rotatable bonds is 1. The summed E-state index contributed by atoms with van der Waals surface area (Å²) in [6.07, 6.45) is -0.785. The number of carboxylic acid groups (broad SMARTS) is 1. The van der Waals surface area contributed by atoms with E-state index in [1.54, 1.807) is 4.90 Å². The number of amides is 1. The van der Waals surface area contributed by atoms with Gasteiger partial charge in [0.1, 0.15) is 0 Å². The molecule has 2 saturated heterocycles. The van der Waals surface area contributed by atoms with Gasteiger partial charge < -0.3 is 14.9 Å². The third-order valence-corrected chi connectivity index (χ3v) is 4.64. The molecule has 3 atom stereocenters. The average molecular weight is 284 g/mol. The second-order valence-corrected chi connectivity index (χ2v) is 5.89. The van der Waals surface area contributed by atoms with E-state index in [1.165, 1.54) is 0 Å². The maximum absolute atomic E-state index is 11.3. The first kappa shape index (κ1) is 15.5. The van der Waals surface area contributed by atoms with Crippen molar-refractivity contribution in [1.82, 2.24) is 19.6 Å². The topological polar surface area (TPSA) is 50.3 Å². The highest BCUT2D eigenvalue weighted by Gasteiger charge is 2.24. The van der Waals surface area contributed by atoms with Gasteiger partial charge in [0.2, 0.25) is 0 Å². The van der Waals surface area contributed by atoms with Gasteiger partial charge in [-0.3, -0.25) is 9.80 Å². The lowest BCUT2D eigenvalue weighted by Gasteiger charge is -2.32. The molecule has 1 N–H and O–H groups in total. The van der Waals surface area contributed by atoms with Crippen LogP contribution >= 0.6 is 0 Å². The molecule has 0 radical (unpaired) electrons. The third kappa shape index (κ3) is 4.07. The molecule has 0 aromatic heterocycles. The number of likely N-dealkylation sites (N-methyl/N-ethyl adjacent to an activating group) is 1. The van der Waals surface area contributed by atoms with Crippen LogP contribution in [-0.4, -0.2) is 102 Å². The zero-order chi connectivity index (χ0) is 14.5. The van der Waals surface area contributed by atoms with Gasteiger partial charge in [-0.05, 0) is 13.5 Å². The van der Waals surface area contributed by atoms with Crippen molar-refractivity contribution in [2.75, 3.05) is 65.4 Å². The molecule has 116 valence electrons. The summed E-state index contributed by atoms with van der Waals surface area (Å²) in [6.45, 7) is 13.8. The molecule has 2 fully saturated rings. The van der Waals surface area contributed by atoms with Crippen LogP contribution in [0.1, 0.15) is 13.8 Å². The van der Waals surface area contributed by atoms with Crippen molar-refractivity contribution in [2.24, 2.45) is 0 Å². The third-order valence-electron chi connectivity index (χ3n) is 4.64. The van der Waals surface area contributed by atoms with Gasteiger partial charge >= 0.3 is 6.09 Å². The maximum atomic E-state index is 11.3. The zero-order valence-electron chi connectivity index (χ0n) is 12.8. The summed E-state index contributed by atoms with van der Waals surface area (Å²) in [4.78, 5) is 20.2. The summed E-state index contributed by atoms with van der Waals surface area (Å²) in [5.41, 5.74) is 0. The normalized spacial score (nSPS) is 33.5. The lowest BCUT2D eigenvalue weighted by atomic mass is 10.2. The van der Waals surface area contributed by atoms with E-state index in [2.05, 4.69) is 28.5 Å². The number of fused-ring (bicyclic) bond motifs is 3. The Morgan fingerprint density at radius 2 is 1.65 bits per heavy atom. The van der Waals surface area contributed by atoms with E-state index in [0.29, 0.717) is 19.1 Å². The van der Waals surface area contributed by atoms with Crippen molar-refractivity contribution < 1.29 is 9.90 Å². The predicted molar refractivity (Wildman–Crippen MR) is 79.2 cm³/mol. The Kier molecular flexibility index (Phi) is 5.63. The van der Waals surface area contributed by atoms with Crippen LogP contribution < -0.4 is 0 Å². The molecule has 0 aromatic rings. The van der Waals surface area contributed by atoms with Crippen molar-refractivity contribution in [1.29, 1.82) is 0 Å². The molecule has 6 heteroatoms. The van der Waals surface area contributed by atoms with E-state index in [4.69, 9.17) is 0 Å². The van der Waals surface area contributed by atoms with Gasteiger partial charge in [0.05, 0.1) is 0 Å². The summed E-state index contributed by atoms with van der Waals surface area (Å²) in [5, 5.41) is 9.26. The summed E-state index contributed by atoms with van der Waals surface area (Å²) < 4.78 is 0. The van der Waals surface area contributed by atoms with Crippen molar-refractivity contribution >= 4 is 6.09 Å². The summed E-state index contributed by atoms with van der Waals surface area (Å²) in [7, 11) is 0. The van der Waals surface area contributed by atoms with Crippen molar-refractivity contribution in [3.63, 3.8) is 0 Å². The average Bonchev–Trinajstić information content (AvgIpc) is 2.56. The number of carbonyl (C=O) groups is 1. The predicted octanol–water partition coefficient (Wildman–Crippen LogP) is 0.308. The fourth-order valence-electron chi connectivity index (χ4n) is 3.12. The molecule has 0 aromatic carbocycles. The molecule has 6 nitrogen and oxygen atoms in total. The minimum Gasteiger partial charge on any atom is -0.465 e. The molecule has 3 unspecified atom stereocenters. The zero-order valence-corrected chi connectivity index (χ0v) is 12.8. The molecule has 0 saturated carbocycles. The van der Waals surface area contributed by atoms with Crippen LogP contribution in [0, 0.1) is 0 Å². The molecule has 1 amide bonds.